The average Bonchev–Trinajstić information content (AvgIpc) is 2.99. The van der Waals surface area contributed by atoms with Gasteiger partial charge in [0.25, 0.3) is 5.56 Å². The Morgan fingerprint density at radius 2 is 2.04 bits per heavy atom. The number of aromatic nitrogens is 4. The summed E-state index contributed by atoms with van der Waals surface area (Å²) in [6, 6.07) is 6.86. The molecular weight excluding hydrogens is 328 g/mol. The van der Waals surface area contributed by atoms with E-state index in [9.17, 15) is 9.59 Å². The van der Waals surface area contributed by atoms with Crippen LogP contribution in [0.1, 0.15) is 23.7 Å². The van der Waals surface area contributed by atoms with Crippen molar-refractivity contribution in [3.05, 3.63) is 45.3 Å². The molecule has 9 heteroatoms. The molecule has 0 saturated heterocycles. The van der Waals surface area contributed by atoms with Crippen molar-refractivity contribution in [1.29, 1.82) is 0 Å². The largest absolute Gasteiger partial charge is 0.374 e. The number of carbonyl (C=O) groups excluding carboxylic acids is 1. The molecule has 0 aliphatic rings. The van der Waals surface area contributed by atoms with Crippen LogP contribution in [0, 0.1) is 6.92 Å². The number of benzene rings is 1. The SMILES string of the molecule is Cc1nn(CC(=O)N[C@H](C)c2nnc(N)s2)c(=O)c2ccccc12. The van der Waals surface area contributed by atoms with E-state index in [4.69, 9.17) is 5.73 Å². The van der Waals surface area contributed by atoms with Gasteiger partial charge in [-0.3, -0.25) is 9.59 Å². The van der Waals surface area contributed by atoms with Crippen LogP contribution < -0.4 is 16.6 Å². The minimum atomic E-state index is -0.343. The molecule has 0 saturated carbocycles. The summed E-state index contributed by atoms with van der Waals surface area (Å²) in [5.74, 6) is -0.333. The lowest BCUT2D eigenvalue weighted by atomic mass is 10.1. The van der Waals surface area contributed by atoms with Crippen LogP contribution in [0.3, 0.4) is 0 Å². The van der Waals surface area contributed by atoms with Gasteiger partial charge in [-0.1, -0.05) is 29.5 Å². The lowest BCUT2D eigenvalue weighted by molar-refractivity contribution is -0.122. The third kappa shape index (κ3) is 3.11. The zero-order valence-electron chi connectivity index (χ0n) is 13.2. The van der Waals surface area contributed by atoms with Crippen LogP contribution in [0.4, 0.5) is 5.13 Å². The molecule has 8 nitrogen and oxygen atoms in total. The Hall–Kier alpha value is -2.81. The first-order valence-electron chi connectivity index (χ1n) is 7.30. The summed E-state index contributed by atoms with van der Waals surface area (Å²) in [5.41, 5.74) is 5.94. The molecule has 0 bridgehead atoms. The minimum absolute atomic E-state index is 0.164. The van der Waals surface area contributed by atoms with E-state index in [2.05, 4.69) is 20.6 Å². The summed E-state index contributed by atoms with van der Waals surface area (Å²) in [6.07, 6.45) is 0. The maximum Gasteiger partial charge on any atom is 0.275 e. The molecule has 2 heterocycles. The van der Waals surface area contributed by atoms with Crippen molar-refractivity contribution in [3.8, 4) is 0 Å². The van der Waals surface area contributed by atoms with Crippen LogP contribution in [-0.2, 0) is 11.3 Å². The van der Waals surface area contributed by atoms with Gasteiger partial charge in [0.05, 0.1) is 17.1 Å². The molecule has 0 radical (unpaired) electrons. The van der Waals surface area contributed by atoms with Crippen molar-refractivity contribution in [2.24, 2.45) is 0 Å². The number of aryl methyl sites for hydroxylation is 1. The highest BCUT2D eigenvalue weighted by Crippen LogP contribution is 2.18. The van der Waals surface area contributed by atoms with Crippen LogP contribution in [0.2, 0.25) is 0 Å². The molecular formula is C15H16N6O2S. The Labute approximate surface area is 141 Å². The number of carbonyl (C=O) groups is 1. The maximum absolute atomic E-state index is 12.5. The Balaban J connectivity index is 1.81. The number of nitrogens with two attached hydrogens (primary N) is 1. The summed E-state index contributed by atoms with van der Waals surface area (Å²) in [4.78, 5) is 24.7. The summed E-state index contributed by atoms with van der Waals surface area (Å²) in [5, 5.41) is 16.9. The fourth-order valence-corrected chi connectivity index (χ4v) is 3.03. The number of anilines is 1. The van der Waals surface area contributed by atoms with Gasteiger partial charge in [-0.15, -0.1) is 10.2 Å². The Bertz CT molecular complexity index is 964. The molecule has 2 aromatic heterocycles. The molecule has 3 rings (SSSR count). The van der Waals surface area contributed by atoms with E-state index in [1.165, 1.54) is 16.0 Å². The standard InChI is InChI=1S/C15H16N6O2S/c1-8-10-5-3-4-6-11(10)14(23)21(20-8)7-12(22)17-9(2)13-18-19-15(16)24-13/h3-6,9H,7H2,1-2H3,(H2,16,19)(H,17,22)/t9-/m1/s1. The number of amides is 1. The van der Waals surface area contributed by atoms with Crippen LogP contribution >= 0.6 is 11.3 Å². The molecule has 0 fully saturated rings. The van der Waals surface area contributed by atoms with Crippen molar-refractivity contribution in [1.82, 2.24) is 25.3 Å². The molecule has 1 amide bonds. The highest BCUT2D eigenvalue weighted by atomic mass is 32.1. The fourth-order valence-electron chi connectivity index (χ4n) is 2.42. The number of rotatable bonds is 4. The molecule has 3 N–H and O–H groups in total. The van der Waals surface area contributed by atoms with Gasteiger partial charge < -0.3 is 11.1 Å². The van der Waals surface area contributed by atoms with Gasteiger partial charge in [-0.25, -0.2) is 4.68 Å². The van der Waals surface area contributed by atoms with E-state index in [1.54, 1.807) is 19.1 Å². The van der Waals surface area contributed by atoms with E-state index < -0.39 is 0 Å². The predicted molar refractivity (Wildman–Crippen MR) is 91.6 cm³/mol. The fraction of sp³-hybridized carbons (Fsp3) is 0.267. The third-order valence-electron chi connectivity index (χ3n) is 3.55. The van der Waals surface area contributed by atoms with Gasteiger partial charge in [0.1, 0.15) is 11.6 Å². The van der Waals surface area contributed by atoms with Gasteiger partial charge in [0, 0.05) is 5.39 Å². The number of fused-ring (bicyclic) bond motifs is 1. The van der Waals surface area contributed by atoms with E-state index in [1.807, 2.05) is 19.1 Å². The molecule has 1 atom stereocenters. The number of hydrogen-bond acceptors (Lipinski definition) is 7. The predicted octanol–water partition coefficient (Wildman–Crippen LogP) is 1.02. The summed E-state index contributed by atoms with van der Waals surface area (Å²) in [6.45, 7) is 3.42. The van der Waals surface area contributed by atoms with Crippen LogP contribution in [0.5, 0.6) is 0 Å². The molecule has 124 valence electrons. The Morgan fingerprint density at radius 1 is 1.33 bits per heavy atom. The molecule has 3 aromatic rings. The quantitative estimate of drug-likeness (QED) is 0.730. The number of nitrogens with one attached hydrogen (secondary N) is 1. The molecule has 0 aliphatic heterocycles. The average molecular weight is 344 g/mol. The summed E-state index contributed by atoms with van der Waals surface area (Å²) >= 11 is 1.21. The second-order valence-corrected chi connectivity index (χ2v) is 6.40. The topological polar surface area (TPSA) is 116 Å². The highest BCUT2D eigenvalue weighted by Gasteiger charge is 2.16. The monoisotopic (exact) mass is 344 g/mol. The minimum Gasteiger partial charge on any atom is -0.374 e. The molecule has 24 heavy (non-hydrogen) atoms. The van der Waals surface area contributed by atoms with E-state index in [0.29, 0.717) is 21.2 Å². The van der Waals surface area contributed by atoms with Crippen molar-refractivity contribution >= 4 is 33.1 Å². The third-order valence-corrected chi connectivity index (χ3v) is 4.49. The van der Waals surface area contributed by atoms with Crippen molar-refractivity contribution in [3.63, 3.8) is 0 Å². The molecule has 0 spiro atoms. The second kappa shape index (κ2) is 6.36. The molecule has 0 aliphatic carbocycles. The molecule has 0 unspecified atom stereocenters. The lowest BCUT2D eigenvalue weighted by Crippen LogP contribution is -2.35. The van der Waals surface area contributed by atoms with Crippen LogP contribution in [0.25, 0.3) is 10.8 Å². The Kier molecular flexibility index (Phi) is 4.26. The van der Waals surface area contributed by atoms with Crippen molar-refractivity contribution in [2.75, 3.05) is 5.73 Å². The first kappa shape index (κ1) is 16.1. The first-order valence-corrected chi connectivity index (χ1v) is 8.12. The maximum atomic E-state index is 12.5. The van der Waals surface area contributed by atoms with Crippen molar-refractivity contribution in [2.45, 2.75) is 26.4 Å². The smallest absolute Gasteiger partial charge is 0.275 e. The lowest BCUT2D eigenvalue weighted by Gasteiger charge is -2.12. The van der Waals surface area contributed by atoms with Crippen LogP contribution in [-0.4, -0.2) is 25.9 Å². The van der Waals surface area contributed by atoms with Gasteiger partial charge in [-0.05, 0) is 19.9 Å². The highest BCUT2D eigenvalue weighted by molar-refractivity contribution is 7.15. The van der Waals surface area contributed by atoms with E-state index >= 15 is 0 Å². The number of hydrogen-bond donors (Lipinski definition) is 2. The van der Waals surface area contributed by atoms with Gasteiger partial charge in [0.15, 0.2) is 0 Å². The first-order chi connectivity index (χ1) is 11.5. The number of nitrogen functional groups attached to an aromatic ring is 1. The normalized spacial score (nSPS) is 12.2. The second-order valence-electron chi connectivity index (χ2n) is 5.36. The molecule has 1 aromatic carbocycles. The number of nitrogens with zero attached hydrogens (tertiary/aromatic N) is 4. The van der Waals surface area contributed by atoms with Gasteiger partial charge >= 0.3 is 0 Å². The zero-order valence-corrected chi connectivity index (χ0v) is 14.0. The van der Waals surface area contributed by atoms with Gasteiger partial charge in [0.2, 0.25) is 11.0 Å². The summed E-state index contributed by atoms with van der Waals surface area (Å²) in [7, 11) is 0. The van der Waals surface area contributed by atoms with Crippen LogP contribution in [0.15, 0.2) is 29.1 Å². The van der Waals surface area contributed by atoms with Gasteiger partial charge in [-0.2, -0.15) is 5.10 Å². The van der Waals surface area contributed by atoms with Crippen molar-refractivity contribution < 1.29 is 4.79 Å². The van der Waals surface area contributed by atoms with E-state index in [0.717, 1.165) is 5.39 Å². The zero-order chi connectivity index (χ0) is 17.3. The Morgan fingerprint density at radius 3 is 2.71 bits per heavy atom. The summed E-state index contributed by atoms with van der Waals surface area (Å²) < 4.78 is 1.17. The van der Waals surface area contributed by atoms with E-state index in [-0.39, 0.29) is 24.1 Å².